The maximum Gasteiger partial charge on any atom is 0.128 e. The molecule has 1 atom stereocenters. The zero-order valence-electron chi connectivity index (χ0n) is 11.7. The van der Waals surface area contributed by atoms with Gasteiger partial charge in [-0.05, 0) is 30.4 Å². The molecule has 0 bridgehead atoms. The molecule has 3 nitrogen and oxygen atoms in total. The Balaban J connectivity index is 2.67. The van der Waals surface area contributed by atoms with Gasteiger partial charge < -0.3 is 10.6 Å². The molecule has 0 aliphatic carbocycles. The van der Waals surface area contributed by atoms with Crippen molar-refractivity contribution in [3.05, 3.63) is 23.9 Å². The molecule has 1 rings (SSSR count). The minimum absolute atomic E-state index is 0.190. The standard InChI is InChI=1S/C14H25N3/c1-11(15)8-12-6-7-13(16-9-12)17(5)10-14(2,3)4/h6-7,9,11H,8,10,15H2,1-5H3. The SMILES string of the molecule is CC(N)Cc1ccc(N(C)CC(C)(C)C)nc1. The second-order valence-electron chi connectivity index (χ2n) is 6.12. The fourth-order valence-corrected chi connectivity index (χ4v) is 1.93. The van der Waals surface area contributed by atoms with Gasteiger partial charge in [-0.15, -0.1) is 0 Å². The zero-order valence-corrected chi connectivity index (χ0v) is 11.7. The molecule has 96 valence electrons. The number of hydrogen-bond acceptors (Lipinski definition) is 3. The van der Waals surface area contributed by atoms with Crippen molar-refractivity contribution in [3.8, 4) is 0 Å². The van der Waals surface area contributed by atoms with Crippen LogP contribution in [0.15, 0.2) is 18.3 Å². The molecular formula is C14H25N3. The summed E-state index contributed by atoms with van der Waals surface area (Å²) in [5.41, 5.74) is 7.25. The molecule has 0 radical (unpaired) electrons. The molecule has 1 unspecified atom stereocenters. The van der Waals surface area contributed by atoms with Crippen molar-refractivity contribution in [1.29, 1.82) is 0 Å². The lowest BCUT2D eigenvalue weighted by molar-refractivity contribution is 0.418. The number of nitrogens with zero attached hydrogens (tertiary/aromatic N) is 2. The lowest BCUT2D eigenvalue weighted by Crippen LogP contribution is -2.29. The van der Waals surface area contributed by atoms with Gasteiger partial charge in [-0.25, -0.2) is 4.98 Å². The second-order valence-corrected chi connectivity index (χ2v) is 6.12. The smallest absolute Gasteiger partial charge is 0.128 e. The Kier molecular flexibility index (Phi) is 4.52. The summed E-state index contributed by atoms with van der Waals surface area (Å²) in [5.74, 6) is 1.02. The average molecular weight is 235 g/mol. The Morgan fingerprint density at radius 2 is 2.00 bits per heavy atom. The first-order valence-electron chi connectivity index (χ1n) is 6.19. The van der Waals surface area contributed by atoms with E-state index in [0.717, 1.165) is 18.8 Å². The Hall–Kier alpha value is -1.09. The Morgan fingerprint density at radius 1 is 1.35 bits per heavy atom. The number of nitrogens with two attached hydrogens (primary N) is 1. The van der Waals surface area contributed by atoms with Gasteiger partial charge in [0.2, 0.25) is 0 Å². The predicted molar refractivity (Wildman–Crippen MR) is 74.3 cm³/mol. The minimum Gasteiger partial charge on any atom is -0.359 e. The largest absolute Gasteiger partial charge is 0.359 e. The Bertz CT molecular complexity index is 335. The number of anilines is 1. The van der Waals surface area contributed by atoms with E-state index in [2.05, 4.69) is 49.8 Å². The summed E-state index contributed by atoms with van der Waals surface area (Å²) >= 11 is 0. The molecular weight excluding hydrogens is 210 g/mol. The minimum atomic E-state index is 0.190. The topological polar surface area (TPSA) is 42.1 Å². The van der Waals surface area contributed by atoms with Gasteiger partial charge in [-0.2, -0.15) is 0 Å². The molecule has 1 heterocycles. The fraction of sp³-hybridized carbons (Fsp3) is 0.643. The van der Waals surface area contributed by atoms with Gasteiger partial charge in [0.15, 0.2) is 0 Å². The van der Waals surface area contributed by atoms with E-state index in [-0.39, 0.29) is 11.5 Å². The van der Waals surface area contributed by atoms with Crippen LogP contribution >= 0.6 is 0 Å². The van der Waals surface area contributed by atoms with Gasteiger partial charge in [-0.3, -0.25) is 0 Å². The van der Waals surface area contributed by atoms with Crippen molar-refractivity contribution in [1.82, 2.24) is 4.98 Å². The van der Waals surface area contributed by atoms with E-state index < -0.39 is 0 Å². The van der Waals surface area contributed by atoms with Gasteiger partial charge >= 0.3 is 0 Å². The van der Waals surface area contributed by atoms with Crippen LogP contribution in [0, 0.1) is 5.41 Å². The average Bonchev–Trinajstić information content (AvgIpc) is 2.15. The molecule has 0 saturated heterocycles. The number of hydrogen-bond donors (Lipinski definition) is 1. The zero-order chi connectivity index (χ0) is 13.1. The molecule has 0 amide bonds. The summed E-state index contributed by atoms with van der Waals surface area (Å²) in [7, 11) is 2.08. The molecule has 0 aliphatic rings. The van der Waals surface area contributed by atoms with Crippen molar-refractivity contribution in [2.45, 2.75) is 40.2 Å². The molecule has 0 fully saturated rings. The first-order valence-corrected chi connectivity index (χ1v) is 6.19. The van der Waals surface area contributed by atoms with E-state index in [9.17, 15) is 0 Å². The monoisotopic (exact) mass is 235 g/mol. The molecule has 0 aromatic carbocycles. The van der Waals surface area contributed by atoms with Crippen LogP contribution in [0.3, 0.4) is 0 Å². The fourth-order valence-electron chi connectivity index (χ4n) is 1.93. The lowest BCUT2D eigenvalue weighted by atomic mass is 9.96. The highest BCUT2D eigenvalue weighted by Gasteiger charge is 2.14. The van der Waals surface area contributed by atoms with Crippen LogP contribution in [-0.4, -0.2) is 24.6 Å². The van der Waals surface area contributed by atoms with Crippen molar-refractivity contribution in [2.24, 2.45) is 11.1 Å². The van der Waals surface area contributed by atoms with Crippen LogP contribution < -0.4 is 10.6 Å². The summed E-state index contributed by atoms with van der Waals surface area (Å²) in [5, 5.41) is 0. The highest BCUT2D eigenvalue weighted by molar-refractivity contribution is 5.38. The van der Waals surface area contributed by atoms with E-state index in [1.807, 2.05) is 13.1 Å². The summed E-state index contributed by atoms with van der Waals surface area (Å²) in [4.78, 5) is 6.68. The molecule has 1 aromatic rings. The molecule has 1 aromatic heterocycles. The second kappa shape index (κ2) is 5.50. The highest BCUT2D eigenvalue weighted by Crippen LogP contribution is 2.18. The third kappa shape index (κ3) is 5.18. The quantitative estimate of drug-likeness (QED) is 0.871. The first-order chi connectivity index (χ1) is 7.78. The van der Waals surface area contributed by atoms with E-state index in [1.165, 1.54) is 5.56 Å². The van der Waals surface area contributed by atoms with Crippen LogP contribution in [0.2, 0.25) is 0 Å². The van der Waals surface area contributed by atoms with Crippen molar-refractivity contribution in [2.75, 3.05) is 18.5 Å². The van der Waals surface area contributed by atoms with E-state index >= 15 is 0 Å². The molecule has 17 heavy (non-hydrogen) atoms. The Morgan fingerprint density at radius 3 is 2.41 bits per heavy atom. The third-order valence-electron chi connectivity index (χ3n) is 2.47. The summed E-state index contributed by atoms with van der Waals surface area (Å²) in [6, 6.07) is 4.38. The highest BCUT2D eigenvalue weighted by atomic mass is 15.2. The van der Waals surface area contributed by atoms with E-state index in [0.29, 0.717) is 0 Å². The van der Waals surface area contributed by atoms with Gasteiger partial charge in [0.1, 0.15) is 5.82 Å². The van der Waals surface area contributed by atoms with Crippen LogP contribution in [0.5, 0.6) is 0 Å². The van der Waals surface area contributed by atoms with Crippen LogP contribution in [0.25, 0.3) is 0 Å². The van der Waals surface area contributed by atoms with Crippen LogP contribution in [0.4, 0.5) is 5.82 Å². The van der Waals surface area contributed by atoms with Gasteiger partial charge in [0.05, 0.1) is 0 Å². The van der Waals surface area contributed by atoms with Crippen LogP contribution in [0.1, 0.15) is 33.3 Å². The van der Waals surface area contributed by atoms with E-state index in [1.54, 1.807) is 0 Å². The summed E-state index contributed by atoms with van der Waals surface area (Å²) in [6.07, 6.45) is 2.81. The van der Waals surface area contributed by atoms with Crippen molar-refractivity contribution in [3.63, 3.8) is 0 Å². The predicted octanol–water partition coefficient (Wildman–Crippen LogP) is 2.45. The first kappa shape index (κ1) is 14.0. The van der Waals surface area contributed by atoms with Gasteiger partial charge in [-0.1, -0.05) is 26.8 Å². The van der Waals surface area contributed by atoms with Crippen LogP contribution in [-0.2, 0) is 6.42 Å². The van der Waals surface area contributed by atoms with Gasteiger partial charge in [0, 0.05) is 25.8 Å². The number of rotatable bonds is 4. The molecule has 0 saturated carbocycles. The normalized spacial score (nSPS) is 13.5. The van der Waals surface area contributed by atoms with Crippen molar-refractivity contribution >= 4 is 5.82 Å². The van der Waals surface area contributed by atoms with Crippen molar-refractivity contribution < 1.29 is 0 Å². The molecule has 0 spiro atoms. The lowest BCUT2D eigenvalue weighted by Gasteiger charge is -2.27. The Labute approximate surface area is 105 Å². The number of pyridine rings is 1. The molecule has 0 aliphatic heterocycles. The maximum absolute atomic E-state index is 5.77. The van der Waals surface area contributed by atoms with E-state index in [4.69, 9.17) is 5.73 Å². The maximum atomic E-state index is 5.77. The number of aromatic nitrogens is 1. The summed E-state index contributed by atoms with van der Waals surface area (Å²) in [6.45, 7) is 9.70. The third-order valence-corrected chi connectivity index (χ3v) is 2.47. The molecule has 2 N–H and O–H groups in total. The summed E-state index contributed by atoms with van der Waals surface area (Å²) < 4.78 is 0. The van der Waals surface area contributed by atoms with Gasteiger partial charge in [0.25, 0.3) is 0 Å². The molecule has 3 heteroatoms.